The van der Waals surface area contributed by atoms with Crippen LogP contribution in [0.25, 0.3) is 0 Å². The van der Waals surface area contributed by atoms with Crippen LogP contribution in [0.4, 0.5) is 0 Å². The average molecular weight is 529 g/mol. The second-order valence-electron chi connectivity index (χ2n) is 8.86. The van der Waals surface area contributed by atoms with E-state index in [2.05, 4.69) is 6.92 Å². The number of carboxylic acid groups (broad SMARTS) is 1. The van der Waals surface area contributed by atoms with Crippen LogP contribution in [0.1, 0.15) is 110 Å². The molecule has 0 heterocycles. The molecule has 3 atom stereocenters. The summed E-state index contributed by atoms with van der Waals surface area (Å²) in [6.07, 6.45) is 18.7. The molecule has 0 saturated heterocycles. The molecule has 204 valence electrons. The summed E-state index contributed by atoms with van der Waals surface area (Å²) in [6, 6.07) is 0. The lowest BCUT2D eigenvalue weighted by atomic mass is 10.0. The summed E-state index contributed by atoms with van der Waals surface area (Å²) < 4.78 is 27.3. The van der Waals surface area contributed by atoms with Crippen LogP contribution < -0.4 is 0 Å². The van der Waals surface area contributed by atoms with Crippen molar-refractivity contribution in [2.24, 2.45) is 0 Å². The Morgan fingerprint density at radius 3 is 1.68 bits per heavy atom. The Morgan fingerprint density at radius 1 is 0.853 bits per heavy atom. The van der Waals surface area contributed by atoms with Crippen molar-refractivity contribution >= 4 is 25.6 Å². The first-order valence-corrected chi connectivity index (χ1v) is 15.6. The lowest BCUT2D eigenvalue weighted by Gasteiger charge is -2.24. The molecule has 0 aliphatic heterocycles. The van der Waals surface area contributed by atoms with Crippen LogP contribution in [-0.4, -0.2) is 59.1 Å². The molecule has 0 bridgehead atoms. The number of ether oxygens (including phenoxy) is 2. The van der Waals surface area contributed by atoms with Crippen molar-refractivity contribution in [3.8, 4) is 0 Å². The number of rotatable bonds is 26. The summed E-state index contributed by atoms with van der Waals surface area (Å²) >= 11 is 0.532. The predicted molar refractivity (Wildman–Crippen MR) is 138 cm³/mol. The quantitative estimate of drug-likeness (QED) is 0.0497. The molecule has 2 unspecified atom stereocenters. The minimum absolute atomic E-state index is 0.356. The third-order valence-corrected chi connectivity index (χ3v) is 8.23. The van der Waals surface area contributed by atoms with Gasteiger partial charge < -0.3 is 24.6 Å². The Kier molecular flexibility index (Phi) is 23.2. The van der Waals surface area contributed by atoms with E-state index in [-0.39, 0.29) is 6.61 Å². The molecule has 3 N–H and O–H groups in total. The summed E-state index contributed by atoms with van der Waals surface area (Å²) in [6.45, 7) is 2.30. The second kappa shape index (κ2) is 23.3. The van der Waals surface area contributed by atoms with Crippen LogP contribution in [0.15, 0.2) is 0 Å². The molecule has 0 spiro atoms. The maximum absolute atomic E-state index is 11.7. The monoisotopic (exact) mass is 528 g/mol. The highest BCUT2D eigenvalue weighted by atomic mass is 32.2. The number of aliphatic hydroxyl groups is 1. The van der Waals surface area contributed by atoms with Crippen molar-refractivity contribution < 1.29 is 37.9 Å². The fraction of sp³-hybridized carbons (Fsp3) is 0.958. The highest BCUT2D eigenvalue weighted by Gasteiger charge is 2.30. The molecule has 0 aromatic carbocycles. The van der Waals surface area contributed by atoms with E-state index in [4.69, 9.17) is 18.6 Å². The first-order valence-electron chi connectivity index (χ1n) is 13.0. The topological polar surface area (TPSA) is 123 Å². The van der Waals surface area contributed by atoms with Gasteiger partial charge in [0.05, 0.1) is 6.61 Å². The molecular formula is C24H49O8PS. The zero-order chi connectivity index (χ0) is 25.5. The first-order chi connectivity index (χ1) is 16.4. The van der Waals surface area contributed by atoms with Gasteiger partial charge in [-0.15, -0.1) is 0 Å². The van der Waals surface area contributed by atoms with Crippen molar-refractivity contribution in [1.82, 2.24) is 0 Å². The normalized spacial score (nSPS) is 15.2. The van der Waals surface area contributed by atoms with Crippen molar-refractivity contribution in [2.45, 2.75) is 121 Å². The minimum atomic E-state index is -4.29. The van der Waals surface area contributed by atoms with E-state index in [1.807, 2.05) is 0 Å². The van der Waals surface area contributed by atoms with Crippen molar-refractivity contribution in [2.75, 3.05) is 26.5 Å². The summed E-state index contributed by atoms with van der Waals surface area (Å²) in [5.41, 5.74) is -0.833. The van der Waals surface area contributed by atoms with E-state index in [1.54, 1.807) is 0 Å². The van der Waals surface area contributed by atoms with Crippen LogP contribution in [-0.2, 0) is 22.8 Å². The third-order valence-electron chi connectivity index (χ3n) is 5.66. The number of methoxy groups -OCH3 is 1. The SMILES string of the molecule is CCCCCCCCCCCCCCCCCCOC(SOP(=O)(O)CC(=O)O)[C@H](CO)OC. The number of hydrogen-bond acceptors (Lipinski definition) is 7. The number of aliphatic carboxylic acids is 1. The van der Waals surface area contributed by atoms with Crippen LogP contribution in [0.3, 0.4) is 0 Å². The van der Waals surface area contributed by atoms with E-state index < -0.39 is 31.3 Å². The maximum Gasteiger partial charge on any atom is 0.350 e. The van der Waals surface area contributed by atoms with Gasteiger partial charge >= 0.3 is 13.6 Å². The molecule has 0 fully saturated rings. The molecule has 0 amide bonds. The van der Waals surface area contributed by atoms with Crippen molar-refractivity contribution in [3.05, 3.63) is 0 Å². The van der Waals surface area contributed by atoms with Gasteiger partial charge in [-0.3, -0.25) is 9.36 Å². The van der Waals surface area contributed by atoms with Gasteiger partial charge in [0.2, 0.25) is 0 Å². The Labute approximate surface area is 211 Å². The molecule has 0 saturated carbocycles. The summed E-state index contributed by atoms with van der Waals surface area (Å²) in [7, 11) is -2.90. The van der Waals surface area contributed by atoms with Crippen molar-refractivity contribution in [1.29, 1.82) is 0 Å². The Bertz CT molecular complexity index is 519. The maximum atomic E-state index is 11.7. The highest BCUT2D eigenvalue weighted by molar-refractivity contribution is 7.98. The molecule has 34 heavy (non-hydrogen) atoms. The number of hydrogen-bond donors (Lipinski definition) is 3. The Balaban J connectivity index is 3.75. The third kappa shape index (κ3) is 21.2. The van der Waals surface area contributed by atoms with Crippen LogP contribution in [0.5, 0.6) is 0 Å². The second-order valence-corrected chi connectivity index (χ2v) is 11.7. The number of carbonyl (C=O) groups is 1. The van der Waals surface area contributed by atoms with E-state index in [0.29, 0.717) is 18.6 Å². The molecule has 0 aliphatic carbocycles. The molecule has 0 aliphatic rings. The smallest absolute Gasteiger partial charge is 0.350 e. The fourth-order valence-corrected chi connectivity index (χ4v) is 5.53. The summed E-state index contributed by atoms with van der Waals surface area (Å²) in [4.78, 5) is 20.2. The Morgan fingerprint density at radius 2 is 1.29 bits per heavy atom. The average Bonchev–Trinajstić information content (AvgIpc) is 2.78. The molecule has 0 rings (SSSR count). The summed E-state index contributed by atoms with van der Waals surface area (Å²) in [5.74, 6) is -1.43. The molecule has 0 aromatic heterocycles. The van der Waals surface area contributed by atoms with Gasteiger partial charge in [-0.05, 0) is 6.42 Å². The van der Waals surface area contributed by atoms with Gasteiger partial charge in [0.1, 0.15) is 12.3 Å². The standard InChI is InChI=1S/C24H49O8PS/c1-3-4-5-6-7-8-9-10-11-12-13-14-15-16-17-18-19-31-24(22(20-25)30-2)34-32-33(28,29)21-23(26)27/h22,24-25H,3-21H2,1-2H3,(H,26,27)(H,28,29)/t22-,24?/m0/s1. The number of unbranched alkanes of at least 4 members (excludes halogenated alkanes) is 15. The van der Waals surface area contributed by atoms with E-state index in [9.17, 15) is 19.4 Å². The fourth-order valence-electron chi connectivity index (χ4n) is 3.63. The predicted octanol–water partition coefficient (Wildman–Crippen LogP) is 6.53. The van der Waals surface area contributed by atoms with E-state index in [1.165, 1.54) is 90.6 Å². The lowest BCUT2D eigenvalue weighted by molar-refractivity contribution is -0.134. The minimum Gasteiger partial charge on any atom is -0.481 e. The van der Waals surface area contributed by atoms with Crippen LogP contribution >= 0.6 is 19.6 Å². The van der Waals surface area contributed by atoms with Crippen LogP contribution in [0, 0.1) is 0 Å². The largest absolute Gasteiger partial charge is 0.481 e. The van der Waals surface area contributed by atoms with Gasteiger partial charge in [-0.25, -0.2) is 3.97 Å². The molecule has 10 heteroatoms. The molecule has 0 radical (unpaired) electrons. The van der Waals surface area contributed by atoms with Crippen molar-refractivity contribution in [3.63, 3.8) is 0 Å². The van der Waals surface area contributed by atoms with Gasteiger partial charge in [0.25, 0.3) is 0 Å². The highest BCUT2D eigenvalue weighted by Crippen LogP contribution is 2.47. The van der Waals surface area contributed by atoms with Gasteiger partial charge in [0.15, 0.2) is 5.44 Å². The molecule has 0 aromatic rings. The number of aliphatic hydroxyl groups excluding tert-OH is 1. The number of carboxylic acids is 1. The molecular weight excluding hydrogens is 479 g/mol. The van der Waals surface area contributed by atoms with Gasteiger partial charge in [-0.2, -0.15) is 0 Å². The van der Waals surface area contributed by atoms with Gasteiger partial charge in [0, 0.05) is 25.8 Å². The zero-order valence-electron chi connectivity index (χ0n) is 21.3. The lowest BCUT2D eigenvalue weighted by Crippen LogP contribution is -2.32. The van der Waals surface area contributed by atoms with Crippen LogP contribution in [0.2, 0.25) is 0 Å². The first kappa shape index (κ1) is 33.8. The van der Waals surface area contributed by atoms with Gasteiger partial charge in [-0.1, -0.05) is 103 Å². The van der Waals surface area contributed by atoms with E-state index in [0.717, 1.165) is 19.3 Å². The Hall–Kier alpha value is -0.150. The zero-order valence-corrected chi connectivity index (χ0v) is 23.0. The van der Waals surface area contributed by atoms with E-state index >= 15 is 0 Å². The molecule has 8 nitrogen and oxygen atoms in total. The summed E-state index contributed by atoms with van der Waals surface area (Å²) in [5, 5.41) is 18.1.